The van der Waals surface area contributed by atoms with E-state index in [4.69, 9.17) is 4.42 Å². The molecule has 1 N–H and O–H groups in total. The van der Waals surface area contributed by atoms with Crippen molar-refractivity contribution in [1.29, 1.82) is 0 Å². The Morgan fingerprint density at radius 3 is 2.68 bits per heavy atom. The van der Waals surface area contributed by atoms with Gasteiger partial charge in [-0.2, -0.15) is 0 Å². The summed E-state index contributed by atoms with van der Waals surface area (Å²) in [4.78, 5) is 25.5. The fraction of sp³-hybridized carbons (Fsp3) is 0.500. The predicted molar refractivity (Wildman–Crippen MR) is 93.7 cm³/mol. The molecule has 1 aliphatic carbocycles. The number of piperazine rings is 1. The van der Waals surface area contributed by atoms with E-state index in [0.717, 1.165) is 57.3 Å². The molecule has 0 atom stereocenters. The van der Waals surface area contributed by atoms with Crippen LogP contribution in [0.5, 0.6) is 0 Å². The Balaban J connectivity index is 1.21. The van der Waals surface area contributed by atoms with Gasteiger partial charge >= 0.3 is 0 Å². The number of carbonyl (C=O) groups excluding carboxylic acids is 1. The second kappa shape index (κ2) is 7.23. The molecule has 2 aliphatic rings. The van der Waals surface area contributed by atoms with Crippen LogP contribution in [0.15, 0.2) is 35.2 Å². The molecular formula is C18H23N5O2. The molecule has 0 radical (unpaired) electrons. The van der Waals surface area contributed by atoms with E-state index in [2.05, 4.69) is 25.1 Å². The Bertz CT molecular complexity index is 705. The summed E-state index contributed by atoms with van der Waals surface area (Å²) in [6.45, 7) is 5.22. The van der Waals surface area contributed by atoms with Gasteiger partial charge in [0.25, 0.3) is 5.91 Å². The Morgan fingerprint density at radius 2 is 1.96 bits per heavy atom. The van der Waals surface area contributed by atoms with Gasteiger partial charge in [-0.15, -0.1) is 0 Å². The molecule has 4 rings (SSSR count). The molecule has 2 aromatic rings. The smallest absolute Gasteiger partial charge is 0.254 e. The first-order chi connectivity index (χ1) is 12.3. The number of hydrogen-bond acceptors (Lipinski definition) is 6. The zero-order chi connectivity index (χ0) is 17.1. The van der Waals surface area contributed by atoms with Crippen molar-refractivity contribution in [2.24, 2.45) is 0 Å². The number of rotatable bonds is 6. The molecule has 0 aromatic carbocycles. The summed E-state index contributed by atoms with van der Waals surface area (Å²) in [5.74, 6) is 2.08. The summed E-state index contributed by atoms with van der Waals surface area (Å²) in [7, 11) is 0. The molecule has 0 bridgehead atoms. The molecular weight excluding hydrogens is 318 g/mol. The first kappa shape index (κ1) is 16.1. The van der Waals surface area contributed by atoms with Crippen LogP contribution in [0.1, 0.15) is 34.9 Å². The first-order valence-corrected chi connectivity index (χ1v) is 8.91. The summed E-state index contributed by atoms with van der Waals surface area (Å²) < 4.78 is 5.47. The fourth-order valence-electron chi connectivity index (χ4n) is 3.22. The van der Waals surface area contributed by atoms with Crippen LogP contribution in [0.4, 0.5) is 5.95 Å². The van der Waals surface area contributed by atoms with Gasteiger partial charge in [0.1, 0.15) is 5.76 Å². The Labute approximate surface area is 147 Å². The number of furan rings is 1. The normalized spacial score (nSPS) is 18.3. The van der Waals surface area contributed by atoms with Crippen LogP contribution in [0.3, 0.4) is 0 Å². The second-order valence-corrected chi connectivity index (χ2v) is 6.61. The molecule has 2 aromatic heterocycles. The third-order valence-electron chi connectivity index (χ3n) is 4.81. The van der Waals surface area contributed by atoms with E-state index in [1.165, 1.54) is 0 Å². The number of hydrogen-bond donors (Lipinski definition) is 1. The van der Waals surface area contributed by atoms with Gasteiger partial charge in [-0.25, -0.2) is 9.97 Å². The van der Waals surface area contributed by atoms with Gasteiger partial charge in [0.05, 0.1) is 11.8 Å². The van der Waals surface area contributed by atoms with Crippen LogP contribution in [0.25, 0.3) is 0 Å². The third kappa shape index (κ3) is 3.82. The van der Waals surface area contributed by atoms with E-state index in [-0.39, 0.29) is 5.91 Å². The minimum Gasteiger partial charge on any atom is -0.468 e. The van der Waals surface area contributed by atoms with Gasteiger partial charge in [-0.1, -0.05) is 0 Å². The lowest BCUT2D eigenvalue weighted by molar-refractivity contribution is 0.0945. The largest absolute Gasteiger partial charge is 0.468 e. The minimum absolute atomic E-state index is 0.0213. The maximum atomic E-state index is 12.3. The van der Waals surface area contributed by atoms with Crippen molar-refractivity contribution < 1.29 is 9.21 Å². The maximum Gasteiger partial charge on any atom is 0.254 e. The summed E-state index contributed by atoms with van der Waals surface area (Å²) in [5, 5.41) is 3.02. The van der Waals surface area contributed by atoms with Crippen LogP contribution in [0, 0.1) is 0 Å². The molecule has 3 heterocycles. The lowest BCUT2D eigenvalue weighted by atomic mass is 10.2. The van der Waals surface area contributed by atoms with Crippen LogP contribution < -0.4 is 10.2 Å². The van der Waals surface area contributed by atoms with Crippen molar-refractivity contribution >= 4 is 11.9 Å². The Kier molecular flexibility index (Phi) is 4.65. The number of nitrogens with one attached hydrogen (secondary N) is 1. The number of carbonyl (C=O) groups is 1. The molecule has 1 saturated carbocycles. The lowest BCUT2D eigenvalue weighted by Gasteiger charge is -2.34. The average Bonchev–Trinajstić information content (AvgIpc) is 3.39. The molecule has 1 amide bonds. The highest BCUT2D eigenvalue weighted by molar-refractivity contribution is 5.95. The van der Waals surface area contributed by atoms with Gasteiger partial charge in [-0.3, -0.25) is 9.69 Å². The molecule has 7 heteroatoms. The SMILES string of the molecule is O=C(NCCN1CCN(c2ncccn2)CC1)c1ccoc1C1CC1. The van der Waals surface area contributed by atoms with E-state index in [0.29, 0.717) is 18.0 Å². The van der Waals surface area contributed by atoms with E-state index in [1.54, 1.807) is 24.7 Å². The summed E-state index contributed by atoms with van der Waals surface area (Å²) >= 11 is 0. The minimum atomic E-state index is -0.0213. The summed E-state index contributed by atoms with van der Waals surface area (Å²) in [6, 6.07) is 3.61. The van der Waals surface area contributed by atoms with Crippen LogP contribution in [-0.2, 0) is 0 Å². The second-order valence-electron chi connectivity index (χ2n) is 6.61. The molecule has 1 saturated heterocycles. The van der Waals surface area contributed by atoms with Crippen molar-refractivity contribution in [3.8, 4) is 0 Å². The highest BCUT2D eigenvalue weighted by Gasteiger charge is 2.31. The van der Waals surface area contributed by atoms with Crippen LogP contribution in [-0.4, -0.2) is 60.0 Å². The number of anilines is 1. The average molecular weight is 341 g/mol. The molecule has 0 unspecified atom stereocenters. The molecule has 1 aliphatic heterocycles. The van der Waals surface area contributed by atoms with Crippen LogP contribution in [0.2, 0.25) is 0 Å². The van der Waals surface area contributed by atoms with Gasteiger partial charge in [-0.05, 0) is 25.0 Å². The third-order valence-corrected chi connectivity index (χ3v) is 4.81. The van der Waals surface area contributed by atoms with E-state index in [1.807, 2.05) is 6.07 Å². The first-order valence-electron chi connectivity index (χ1n) is 8.91. The van der Waals surface area contributed by atoms with Gasteiger partial charge in [0, 0.05) is 57.6 Å². The molecule has 132 valence electrons. The summed E-state index contributed by atoms with van der Waals surface area (Å²) in [6.07, 6.45) is 7.42. The topological polar surface area (TPSA) is 74.5 Å². The van der Waals surface area contributed by atoms with E-state index < -0.39 is 0 Å². The number of amides is 1. The van der Waals surface area contributed by atoms with Crippen molar-refractivity contribution in [2.45, 2.75) is 18.8 Å². The fourth-order valence-corrected chi connectivity index (χ4v) is 3.22. The number of aromatic nitrogens is 2. The summed E-state index contributed by atoms with van der Waals surface area (Å²) in [5.41, 5.74) is 0.702. The van der Waals surface area contributed by atoms with Crippen molar-refractivity contribution in [3.63, 3.8) is 0 Å². The quantitative estimate of drug-likeness (QED) is 0.858. The maximum absolute atomic E-state index is 12.3. The number of nitrogens with zero attached hydrogens (tertiary/aromatic N) is 4. The zero-order valence-electron chi connectivity index (χ0n) is 14.2. The van der Waals surface area contributed by atoms with Crippen LogP contribution >= 0.6 is 0 Å². The van der Waals surface area contributed by atoms with Crippen molar-refractivity contribution in [3.05, 3.63) is 42.1 Å². The van der Waals surface area contributed by atoms with Crippen molar-refractivity contribution in [2.75, 3.05) is 44.2 Å². The van der Waals surface area contributed by atoms with Gasteiger partial charge in [0.15, 0.2) is 0 Å². The lowest BCUT2D eigenvalue weighted by Crippen LogP contribution is -2.49. The predicted octanol–water partition coefficient (Wildman–Crippen LogP) is 1.50. The van der Waals surface area contributed by atoms with E-state index in [9.17, 15) is 4.79 Å². The van der Waals surface area contributed by atoms with E-state index >= 15 is 0 Å². The van der Waals surface area contributed by atoms with Crippen molar-refractivity contribution in [1.82, 2.24) is 20.2 Å². The Hall–Kier alpha value is -2.41. The standard InChI is InChI=1S/C18H23N5O2/c24-17(15-4-13-25-16(15)14-2-3-14)19-7-8-22-9-11-23(12-10-22)18-20-5-1-6-21-18/h1,4-6,13-14H,2-3,7-12H2,(H,19,24). The molecule has 0 spiro atoms. The van der Waals surface area contributed by atoms with Gasteiger partial charge in [0.2, 0.25) is 5.95 Å². The molecule has 2 fully saturated rings. The molecule has 7 nitrogen and oxygen atoms in total. The van der Waals surface area contributed by atoms with Gasteiger partial charge < -0.3 is 14.6 Å². The highest BCUT2D eigenvalue weighted by atomic mass is 16.3. The molecule has 25 heavy (non-hydrogen) atoms. The zero-order valence-corrected chi connectivity index (χ0v) is 14.2. The monoisotopic (exact) mass is 341 g/mol. The highest BCUT2D eigenvalue weighted by Crippen LogP contribution is 2.42. The Morgan fingerprint density at radius 1 is 1.20 bits per heavy atom.